The average Bonchev–Trinajstić information content (AvgIpc) is 2.30. The summed E-state index contributed by atoms with van der Waals surface area (Å²) in [5.74, 6) is 5.98. The normalized spacial score (nSPS) is 14.6. The van der Waals surface area contributed by atoms with Gasteiger partial charge in [-0.1, -0.05) is 32.8 Å². The van der Waals surface area contributed by atoms with E-state index in [1.807, 2.05) is 6.92 Å². The highest BCUT2D eigenvalue weighted by Gasteiger charge is 2.16. The number of hydrogen-bond donors (Lipinski definition) is 2. The molecule has 2 nitrogen and oxygen atoms in total. The van der Waals surface area contributed by atoms with Crippen molar-refractivity contribution in [2.75, 3.05) is 0 Å². The molecule has 0 saturated heterocycles. The second kappa shape index (κ2) is 6.72. The van der Waals surface area contributed by atoms with Crippen LogP contribution in [0.2, 0.25) is 0 Å². The van der Waals surface area contributed by atoms with Crippen LogP contribution < -0.4 is 11.3 Å². The van der Waals surface area contributed by atoms with Gasteiger partial charge in [0.2, 0.25) is 0 Å². The smallest absolute Gasteiger partial charge is 0.123 e. The van der Waals surface area contributed by atoms with Crippen LogP contribution in [-0.2, 0) is 0 Å². The van der Waals surface area contributed by atoms with Crippen LogP contribution in [0.3, 0.4) is 0 Å². The van der Waals surface area contributed by atoms with Crippen LogP contribution in [-0.4, -0.2) is 0 Å². The van der Waals surface area contributed by atoms with Crippen molar-refractivity contribution in [2.45, 2.75) is 46.1 Å². The zero-order valence-corrected chi connectivity index (χ0v) is 11.0. The maximum absolute atomic E-state index is 13.3. The molecule has 0 aromatic heterocycles. The van der Waals surface area contributed by atoms with Crippen molar-refractivity contribution in [3.05, 3.63) is 35.1 Å². The molecule has 0 aliphatic rings. The number of nitrogens with two attached hydrogens (primary N) is 1. The second-order valence-electron chi connectivity index (χ2n) is 4.85. The van der Waals surface area contributed by atoms with Crippen LogP contribution in [0.1, 0.15) is 50.3 Å². The lowest BCUT2D eigenvalue weighted by Gasteiger charge is -2.22. The van der Waals surface area contributed by atoms with Crippen molar-refractivity contribution in [1.29, 1.82) is 0 Å². The van der Waals surface area contributed by atoms with E-state index in [9.17, 15) is 4.39 Å². The molecule has 0 aliphatic heterocycles. The van der Waals surface area contributed by atoms with Crippen LogP contribution in [0.4, 0.5) is 4.39 Å². The third kappa shape index (κ3) is 4.10. The van der Waals surface area contributed by atoms with Crippen LogP contribution in [0.25, 0.3) is 0 Å². The highest BCUT2D eigenvalue weighted by molar-refractivity contribution is 5.29. The Morgan fingerprint density at radius 3 is 2.71 bits per heavy atom. The first-order valence-electron chi connectivity index (χ1n) is 6.30. The maximum atomic E-state index is 13.3. The molecule has 17 heavy (non-hydrogen) atoms. The molecule has 0 heterocycles. The molecule has 0 saturated carbocycles. The molecule has 96 valence electrons. The van der Waals surface area contributed by atoms with Gasteiger partial charge in [0, 0.05) is 6.04 Å². The van der Waals surface area contributed by atoms with Gasteiger partial charge in [-0.05, 0) is 42.5 Å². The Hall–Kier alpha value is -0.930. The van der Waals surface area contributed by atoms with Gasteiger partial charge in [-0.2, -0.15) is 0 Å². The number of nitrogens with one attached hydrogen (secondary N) is 1. The van der Waals surface area contributed by atoms with Crippen LogP contribution in [0.5, 0.6) is 0 Å². The minimum atomic E-state index is -0.200. The molecule has 0 amide bonds. The maximum Gasteiger partial charge on any atom is 0.123 e. The number of benzene rings is 1. The first-order chi connectivity index (χ1) is 8.08. The van der Waals surface area contributed by atoms with Crippen molar-refractivity contribution >= 4 is 0 Å². The zero-order chi connectivity index (χ0) is 12.8. The third-order valence-corrected chi connectivity index (χ3v) is 3.24. The van der Waals surface area contributed by atoms with Crippen molar-refractivity contribution < 1.29 is 4.39 Å². The summed E-state index contributed by atoms with van der Waals surface area (Å²) >= 11 is 0. The van der Waals surface area contributed by atoms with Gasteiger partial charge < -0.3 is 0 Å². The highest BCUT2D eigenvalue weighted by Crippen LogP contribution is 2.26. The van der Waals surface area contributed by atoms with E-state index in [0.717, 1.165) is 17.5 Å². The molecule has 0 aliphatic carbocycles. The molecule has 0 spiro atoms. The molecule has 3 N–H and O–H groups in total. The van der Waals surface area contributed by atoms with Gasteiger partial charge in [0.05, 0.1) is 0 Å². The van der Waals surface area contributed by atoms with Crippen molar-refractivity contribution in [3.63, 3.8) is 0 Å². The molecule has 0 bridgehead atoms. The predicted octanol–water partition coefficient (Wildman–Crippen LogP) is 3.46. The van der Waals surface area contributed by atoms with Gasteiger partial charge in [-0.15, -0.1) is 0 Å². The minimum absolute atomic E-state index is 0.0345. The third-order valence-electron chi connectivity index (χ3n) is 3.24. The molecule has 2 unspecified atom stereocenters. The summed E-state index contributed by atoms with van der Waals surface area (Å²) in [6.45, 7) is 6.38. The Kier molecular flexibility index (Phi) is 5.59. The Morgan fingerprint density at radius 1 is 1.41 bits per heavy atom. The van der Waals surface area contributed by atoms with Crippen molar-refractivity contribution in [1.82, 2.24) is 5.43 Å². The summed E-state index contributed by atoms with van der Waals surface area (Å²) in [5, 5.41) is 0. The van der Waals surface area contributed by atoms with E-state index < -0.39 is 0 Å². The number of aryl methyl sites for hydroxylation is 1. The molecule has 1 rings (SSSR count). The van der Waals surface area contributed by atoms with Crippen LogP contribution in [0, 0.1) is 18.7 Å². The van der Waals surface area contributed by atoms with Gasteiger partial charge in [0.1, 0.15) is 5.82 Å². The Balaban J connectivity index is 2.82. The van der Waals surface area contributed by atoms with E-state index in [2.05, 4.69) is 19.3 Å². The number of rotatable bonds is 6. The Bertz CT molecular complexity index is 352. The first-order valence-corrected chi connectivity index (χ1v) is 6.30. The molecule has 0 fully saturated rings. The van der Waals surface area contributed by atoms with Crippen LogP contribution >= 0.6 is 0 Å². The van der Waals surface area contributed by atoms with E-state index >= 15 is 0 Å². The summed E-state index contributed by atoms with van der Waals surface area (Å²) in [7, 11) is 0. The van der Waals surface area contributed by atoms with Gasteiger partial charge in [-0.25, -0.2) is 4.39 Å². The molecule has 3 heteroatoms. The van der Waals surface area contributed by atoms with E-state index in [4.69, 9.17) is 5.84 Å². The Labute approximate surface area is 103 Å². The van der Waals surface area contributed by atoms with Gasteiger partial charge >= 0.3 is 0 Å². The highest BCUT2D eigenvalue weighted by atomic mass is 19.1. The molecule has 1 aromatic rings. The van der Waals surface area contributed by atoms with E-state index in [0.29, 0.717) is 5.92 Å². The molecular weight excluding hydrogens is 215 g/mol. The van der Waals surface area contributed by atoms with E-state index in [1.54, 1.807) is 12.1 Å². The quantitative estimate of drug-likeness (QED) is 0.588. The SMILES string of the molecule is CCCC(C)CC(NN)c1cc(F)ccc1C. The zero-order valence-electron chi connectivity index (χ0n) is 11.0. The molecule has 0 radical (unpaired) electrons. The van der Waals surface area contributed by atoms with Crippen molar-refractivity contribution in [3.8, 4) is 0 Å². The summed E-state index contributed by atoms with van der Waals surface area (Å²) < 4.78 is 13.3. The largest absolute Gasteiger partial charge is 0.271 e. The fraction of sp³-hybridized carbons (Fsp3) is 0.571. The lowest BCUT2D eigenvalue weighted by molar-refractivity contribution is 0.392. The molecule has 2 atom stereocenters. The summed E-state index contributed by atoms with van der Waals surface area (Å²) in [6.07, 6.45) is 3.28. The minimum Gasteiger partial charge on any atom is -0.271 e. The Morgan fingerprint density at radius 2 is 2.12 bits per heavy atom. The fourth-order valence-corrected chi connectivity index (χ4v) is 2.28. The number of hydrazine groups is 1. The summed E-state index contributed by atoms with van der Waals surface area (Å²) in [5.41, 5.74) is 4.86. The standard InChI is InChI=1S/C14H23FN2/c1-4-5-10(2)8-14(17-16)13-9-12(15)7-6-11(13)3/h6-7,9-10,14,17H,4-5,8,16H2,1-3H3. The topological polar surface area (TPSA) is 38.0 Å². The fourth-order valence-electron chi connectivity index (χ4n) is 2.28. The predicted molar refractivity (Wildman–Crippen MR) is 69.9 cm³/mol. The van der Waals surface area contributed by atoms with Crippen molar-refractivity contribution in [2.24, 2.45) is 11.8 Å². The van der Waals surface area contributed by atoms with Crippen LogP contribution in [0.15, 0.2) is 18.2 Å². The van der Waals surface area contributed by atoms with Gasteiger partial charge in [-0.3, -0.25) is 11.3 Å². The number of halogens is 1. The summed E-state index contributed by atoms with van der Waals surface area (Å²) in [6, 6.07) is 4.91. The number of hydrogen-bond acceptors (Lipinski definition) is 2. The first kappa shape index (κ1) is 14.1. The van der Waals surface area contributed by atoms with Gasteiger partial charge in [0.25, 0.3) is 0 Å². The summed E-state index contributed by atoms with van der Waals surface area (Å²) in [4.78, 5) is 0. The average molecular weight is 238 g/mol. The van der Waals surface area contributed by atoms with E-state index in [-0.39, 0.29) is 11.9 Å². The lowest BCUT2D eigenvalue weighted by Crippen LogP contribution is -2.30. The monoisotopic (exact) mass is 238 g/mol. The molecular formula is C14H23FN2. The lowest BCUT2D eigenvalue weighted by atomic mass is 9.91. The second-order valence-corrected chi connectivity index (χ2v) is 4.85. The van der Waals surface area contributed by atoms with E-state index in [1.165, 1.54) is 18.9 Å². The molecule has 1 aromatic carbocycles. The van der Waals surface area contributed by atoms with Gasteiger partial charge in [0.15, 0.2) is 0 Å².